The number of nitrogens with zero attached hydrogens (tertiary/aromatic N) is 2. The minimum atomic E-state index is -5.18. The Hall–Kier alpha value is -4.04. The van der Waals surface area contributed by atoms with Gasteiger partial charge in [-0.3, -0.25) is 4.79 Å². The van der Waals surface area contributed by atoms with Crippen LogP contribution >= 0.6 is 0 Å². The molecule has 1 atom stereocenters. The Morgan fingerprint density at radius 2 is 1.97 bits per heavy atom. The Morgan fingerprint density at radius 3 is 2.60 bits per heavy atom. The van der Waals surface area contributed by atoms with Crippen molar-refractivity contribution < 1.29 is 37.0 Å². The smallest absolute Gasteiger partial charge is 0.431 e. The number of nitrogens with one attached hydrogen (secondary N) is 1. The normalized spacial score (nSPS) is 14.1. The van der Waals surface area contributed by atoms with Crippen molar-refractivity contribution in [2.24, 2.45) is 5.41 Å². The van der Waals surface area contributed by atoms with Gasteiger partial charge in [-0.25, -0.2) is 4.98 Å². The first-order chi connectivity index (χ1) is 16.4. The quantitative estimate of drug-likeness (QED) is 0.371. The number of aromatic nitrogens is 2. The standard InChI is InChI=1S/C24H20F3N3O5/c1-22(2,21(31)32)12-34-23(24(25,26)27,19-14-8-9-29-15(14)5-7-18(19)33-3)20-30-16-10-13(11-28)4-6-17(16)35-20/h4-10,29H,12H2,1-3H3,(H,31,32). The fourth-order valence-electron chi connectivity index (χ4n) is 3.73. The zero-order chi connectivity index (χ0) is 25.6. The number of rotatable bonds is 7. The number of aliphatic carboxylic acids is 1. The molecule has 11 heteroatoms. The third-order valence-electron chi connectivity index (χ3n) is 5.71. The van der Waals surface area contributed by atoms with Crippen molar-refractivity contribution >= 4 is 28.0 Å². The van der Waals surface area contributed by atoms with Crippen LogP contribution in [-0.4, -0.2) is 40.9 Å². The SMILES string of the molecule is COc1ccc2[nH]ccc2c1C(OCC(C)(C)C(=O)O)(c1nc2cc(C#N)ccc2o1)C(F)(F)F. The summed E-state index contributed by atoms with van der Waals surface area (Å²) in [5.41, 5.74) is -4.94. The van der Waals surface area contributed by atoms with Crippen LogP contribution in [0.3, 0.4) is 0 Å². The highest BCUT2D eigenvalue weighted by atomic mass is 19.4. The number of alkyl halides is 3. The minimum Gasteiger partial charge on any atom is -0.496 e. The Kier molecular flexibility index (Phi) is 5.73. The summed E-state index contributed by atoms with van der Waals surface area (Å²) < 4.78 is 62.2. The Balaban J connectivity index is 2.10. The Labute approximate surface area is 196 Å². The van der Waals surface area contributed by atoms with E-state index in [0.717, 1.165) is 0 Å². The van der Waals surface area contributed by atoms with E-state index in [2.05, 4.69) is 9.97 Å². The van der Waals surface area contributed by atoms with E-state index in [1.165, 1.54) is 57.5 Å². The number of oxazole rings is 1. The molecule has 4 rings (SSSR count). The van der Waals surface area contributed by atoms with Crippen molar-refractivity contribution in [1.29, 1.82) is 5.26 Å². The van der Waals surface area contributed by atoms with E-state index in [0.29, 0.717) is 5.52 Å². The molecule has 0 saturated carbocycles. The summed E-state index contributed by atoms with van der Waals surface area (Å²) in [4.78, 5) is 18.6. The van der Waals surface area contributed by atoms with Crippen LogP contribution in [0, 0.1) is 16.7 Å². The Bertz CT molecular complexity index is 1460. The minimum absolute atomic E-state index is 0.00562. The summed E-state index contributed by atoms with van der Waals surface area (Å²) in [6.07, 6.45) is -3.72. The number of halogens is 3. The van der Waals surface area contributed by atoms with Crippen LogP contribution in [0.25, 0.3) is 22.0 Å². The molecule has 0 fully saturated rings. The number of hydrogen-bond acceptors (Lipinski definition) is 6. The molecule has 8 nitrogen and oxygen atoms in total. The van der Waals surface area contributed by atoms with Gasteiger partial charge in [0.25, 0.3) is 5.60 Å². The lowest BCUT2D eigenvalue weighted by Gasteiger charge is -2.36. The molecule has 0 saturated heterocycles. The third-order valence-corrected chi connectivity index (χ3v) is 5.71. The zero-order valence-corrected chi connectivity index (χ0v) is 18.9. The first-order valence-corrected chi connectivity index (χ1v) is 10.3. The van der Waals surface area contributed by atoms with Crippen LogP contribution in [0.5, 0.6) is 5.75 Å². The van der Waals surface area contributed by atoms with Crippen molar-refractivity contribution in [2.45, 2.75) is 25.6 Å². The first-order valence-electron chi connectivity index (χ1n) is 10.3. The molecular weight excluding hydrogens is 467 g/mol. The lowest BCUT2D eigenvalue weighted by Crippen LogP contribution is -2.49. The van der Waals surface area contributed by atoms with E-state index in [-0.39, 0.29) is 27.8 Å². The van der Waals surface area contributed by atoms with Gasteiger partial charge in [0.05, 0.1) is 36.3 Å². The van der Waals surface area contributed by atoms with Crippen LogP contribution in [0.15, 0.2) is 47.0 Å². The number of fused-ring (bicyclic) bond motifs is 2. The fourth-order valence-corrected chi connectivity index (χ4v) is 3.73. The molecule has 0 spiro atoms. The van der Waals surface area contributed by atoms with Crippen molar-refractivity contribution in [3.05, 3.63) is 59.6 Å². The third kappa shape index (κ3) is 3.85. The number of methoxy groups -OCH3 is 1. The van der Waals surface area contributed by atoms with Gasteiger partial charge in [-0.2, -0.15) is 18.4 Å². The van der Waals surface area contributed by atoms with Crippen molar-refractivity contribution in [2.75, 3.05) is 13.7 Å². The molecule has 2 heterocycles. The van der Waals surface area contributed by atoms with Crippen molar-refractivity contribution in [3.63, 3.8) is 0 Å². The van der Waals surface area contributed by atoms with Gasteiger partial charge < -0.3 is 24.0 Å². The number of carbonyl (C=O) groups is 1. The van der Waals surface area contributed by atoms with Gasteiger partial charge >= 0.3 is 12.1 Å². The highest BCUT2D eigenvalue weighted by molar-refractivity contribution is 5.87. The second kappa shape index (κ2) is 8.32. The topological polar surface area (TPSA) is 121 Å². The number of hydrogen-bond donors (Lipinski definition) is 2. The largest absolute Gasteiger partial charge is 0.496 e. The number of aromatic amines is 1. The number of H-pyrrole nitrogens is 1. The fraction of sp³-hybridized carbons (Fsp3) is 0.292. The van der Waals surface area contributed by atoms with Gasteiger partial charge in [0.15, 0.2) is 5.58 Å². The number of nitriles is 1. The molecule has 2 aromatic heterocycles. The summed E-state index contributed by atoms with van der Waals surface area (Å²) in [5, 5.41) is 18.8. The molecule has 4 aromatic rings. The van der Waals surface area contributed by atoms with Crippen LogP contribution in [-0.2, 0) is 15.1 Å². The van der Waals surface area contributed by atoms with Gasteiger partial charge in [0.2, 0.25) is 5.89 Å². The van der Waals surface area contributed by atoms with E-state index in [4.69, 9.17) is 13.9 Å². The monoisotopic (exact) mass is 487 g/mol. The van der Waals surface area contributed by atoms with E-state index in [1.54, 1.807) is 6.07 Å². The van der Waals surface area contributed by atoms with Crippen molar-refractivity contribution in [3.8, 4) is 11.8 Å². The van der Waals surface area contributed by atoms with Crippen molar-refractivity contribution in [1.82, 2.24) is 9.97 Å². The maximum Gasteiger partial charge on any atom is 0.431 e. The van der Waals surface area contributed by atoms with Gasteiger partial charge in [-0.15, -0.1) is 0 Å². The predicted molar refractivity (Wildman–Crippen MR) is 118 cm³/mol. The summed E-state index contributed by atoms with van der Waals surface area (Å²) in [5.74, 6) is -2.39. The number of carboxylic acid groups (broad SMARTS) is 1. The van der Waals surface area contributed by atoms with E-state index in [1.807, 2.05) is 6.07 Å². The molecule has 0 bridgehead atoms. The summed E-state index contributed by atoms with van der Waals surface area (Å²) in [7, 11) is 1.21. The molecule has 182 valence electrons. The molecule has 0 radical (unpaired) electrons. The lowest BCUT2D eigenvalue weighted by molar-refractivity contribution is -0.279. The first kappa shape index (κ1) is 24.1. The summed E-state index contributed by atoms with van der Waals surface area (Å²) >= 11 is 0. The van der Waals surface area contributed by atoms with Gasteiger partial charge in [0.1, 0.15) is 11.3 Å². The maximum absolute atomic E-state index is 15.3. The molecule has 1 unspecified atom stereocenters. The van der Waals surface area contributed by atoms with Crippen LogP contribution < -0.4 is 4.74 Å². The van der Waals surface area contributed by atoms with Gasteiger partial charge in [-0.05, 0) is 50.2 Å². The lowest BCUT2D eigenvalue weighted by atomic mass is 9.87. The average molecular weight is 487 g/mol. The summed E-state index contributed by atoms with van der Waals surface area (Å²) in [6, 6.07) is 10.2. The molecular formula is C24H20F3N3O5. The second-order valence-electron chi connectivity index (χ2n) is 8.55. The van der Waals surface area contributed by atoms with E-state index < -0.39 is 41.2 Å². The molecule has 2 N–H and O–H groups in total. The Morgan fingerprint density at radius 1 is 1.23 bits per heavy atom. The molecule has 35 heavy (non-hydrogen) atoms. The molecule has 0 aliphatic rings. The van der Waals surface area contributed by atoms with Gasteiger partial charge in [0, 0.05) is 17.1 Å². The molecule has 0 aliphatic heterocycles. The molecule has 2 aromatic carbocycles. The second-order valence-corrected chi connectivity index (χ2v) is 8.55. The summed E-state index contributed by atoms with van der Waals surface area (Å²) in [6.45, 7) is 1.65. The number of carboxylic acids is 1. The van der Waals surface area contributed by atoms with E-state index in [9.17, 15) is 15.2 Å². The van der Waals surface area contributed by atoms with Crippen LogP contribution in [0.1, 0.15) is 30.9 Å². The number of ether oxygens (including phenoxy) is 2. The van der Waals surface area contributed by atoms with Gasteiger partial charge in [-0.1, -0.05) is 0 Å². The van der Waals surface area contributed by atoms with E-state index >= 15 is 13.2 Å². The van der Waals surface area contributed by atoms with Crippen LogP contribution in [0.2, 0.25) is 0 Å². The molecule has 0 amide bonds. The predicted octanol–water partition coefficient (Wildman–Crippen LogP) is 5.12. The average Bonchev–Trinajstić information content (AvgIpc) is 3.44. The molecule has 0 aliphatic carbocycles. The highest BCUT2D eigenvalue weighted by Crippen LogP contribution is 2.53. The zero-order valence-electron chi connectivity index (χ0n) is 18.9. The highest BCUT2D eigenvalue weighted by Gasteiger charge is 2.65. The van der Waals surface area contributed by atoms with Crippen LogP contribution in [0.4, 0.5) is 13.2 Å². The maximum atomic E-state index is 15.3. The number of benzene rings is 2.